The van der Waals surface area contributed by atoms with Crippen LogP contribution in [0.2, 0.25) is 0 Å². The normalized spacial score (nSPS) is 19.1. The molecule has 4 N–H and O–H groups in total. The largest absolute Gasteiger partial charge is 0.480 e. The highest BCUT2D eigenvalue weighted by Gasteiger charge is 2.37. The lowest BCUT2D eigenvalue weighted by Crippen LogP contribution is -2.52. The van der Waals surface area contributed by atoms with Crippen molar-refractivity contribution in [2.24, 2.45) is 5.92 Å². The highest BCUT2D eigenvalue weighted by atomic mass is 16.5. The fraction of sp³-hybridized carbons (Fsp3) is 0.308. The van der Waals surface area contributed by atoms with E-state index >= 15 is 0 Å². The third kappa shape index (κ3) is 4.75. The number of rotatable bonds is 8. The Bertz CT molecular complexity index is 1190. The molecule has 0 saturated heterocycles. The topological polar surface area (TPSA) is 133 Å². The Balaban J connectivity index is 1.09. The SMILES string of the molecule is O=C(NC1CC(C(=O)N[C@@H](Cc2cnc[nH]2)C(=O)O)C1)OCC1c2ccccc2-c2ccccc21. The molecular weight excluding hydrogens is 448 g/mol. The summed E-state index contributed by atoms with van der Waals surface area (Å²) in [4.78, 5) is 43.1. The van der Waals surface area contributed by atoms with Crippen LogP contribution in [0.15, 0.2) is 61.1 Å². The number of fused-ring (bicyclic) bond motifs is 3. The van der Waals surface area contributed by atoms with Gasteiger partial charge in [-0.15, -0.1) is 0 Å². The number of alkyl carbamates (subject to hydrolysis) is 1. The van der Waals surface area contributed by atoms with Crippen LogP contribution >= 0.6 is 0 Å². The molecule has 1 heterocycles. The number of carboxylic acid groups (broad SMARTS) is 1. The summed E-state index contributed by atoms with van der Waals surface area (Å²) in [6, 6.07) is 15.0. The maximum absolute atomic E-state index is 12.5. The monoisotopic (exact) mass is 474 g/mol. The number of imidazole rings is 1. The van der Waals surface area contributed by atoms with Gasteiger partial charge in [0.15, 0.2) is 0 Å². The van der Waals surface area contributed by atoms with Crippen molar-refractivity contribution in [3.8, 4) is 11.1 Å². The summed E-state index contributed by atoms with van der Waals surface area (Å²) in [7, 11) is 0. The lowest BCUT2D eigenvalue weighted by Gasteiger charge is -2.35. The van der Waals surface area contributed by atoms with Crippen molar-refractivity contribution in [1.29, 1.82) is 0 Å². The number of benzene rings is 2. The molecule has 1 fully saturated rings. The van der Waals surface area contributed by atoms with E-state index in [4.69, 9.17) is 4.74 Å². The summed E-state index contributed by atoms with van der Waals surface area (Å²) < 4.78 is 5.56. The second-order valence-corrected chi connectivity index (χ2v) is 9.02. The molecule has 9 nitrogen and oxygen atoms in total. The van der Waals surface area contributed by atoms with E-state index in [-0.39, 0.29) is 36.8 Å². The number of hydrogen-bond donors (Lipinski definition) is 4. The Morgan fingerprint density at radius 1 is 1.06 bits per heavy atom. The van der Waals surface area contributed by atoms with Crippen LogP contribution in [-0.2, 0) is 20.7 Å². The van der Waals surface area contributed by atoms with E-state index in [0.717, 1.165) is 22.3 Å². The standard InChI is InChI=1S/C26H26N4O5/c31-24(30-23(25(32)33)11-17-12-27-14-28-17)15-9-16(10-15)29-26(34)35-13-22-20-7-3-1-5-18(20)19-6-2-4-8-21(19)22/h1-8,12,14-16,22-23H,9-11,13H2,(H,27,28)(H,29,34)(H,30,31)(H,32,33)/t15?,16?,23-/m0/s1. The molecule has 2 aliphatic carbocycles. The van der Waals surface area contributed by atoms with Crippen LogP contribution in [0.5, 0.6) is 0 Å². The van der Waals surface area contributed by atoms with Gasteiger partial charge in [-0.2, -0.15) is 0 Å². The molecule has 2 aromatic carbocycles. The van der Waals surface area contributed by atoms with Crippen molar-refractivity contribution in [2.75, 3.05) is 6.61 Å². The average Bonchev–Trinajstić information content (AvgIpc) is 3.45. The van der Waals surface area contributed by atoms with E-state index in [0.29, 0.717) is 18.5 Å². The Morgan fingerprint density at radius 2 is 1.71 bits per heavy atom. The lowest BCUT2D eigenvalue weighted by atomic mass is 9.79. The number of carbonyl (C=O) groups is 3. The second kappa shape index (κ2) is 9.61. The zero-order valence-electron chi connectivity index (χ0n) is 18.9. The van der Waals surface area contributed by atoms with Gasteiger partial charge in [0.25, 0.3) is 0 Å². The molecule has 2 aliphatic rings. The molecular formula is C26H26N4O5. The molecule has 0 bridgehead atoms. The Labute approximate surface area is 201 Å². The van der Waals surface area contributed by atoms with Gasteiger partial charge in [-0.3, -0.25) is 4.79 Å². The third-order valence-electron chi connectivity index (χ3n) is 6.77. The fourth-order valence-corrected chi connectivity index (χ4v) is 4.86. The number of aromatic nitrogens is 2. The van der Waals surface area contributed by atoms with Crippen LogP contribution in [0.3, 0.4) is 0 Å². The molecule has 1 saturated carbocycles. The van der Waals surface area contributed by atoms with Gasteiger partial charge in [0.2, 0.25) is 5.91 Å². The fourth-order valence-electron chi connectivity index (χ4n) is 4.86. The van der Waals surface area contributed by atoms with Crippen molar-refractivity contribution in [1.82, 2.24) is 20.6 Å². The first-order valence-corrected chi connectivity index (χ1v) is 11.6. The molecule has 0 aliphatic heterocycles. The predicted octanol–water partition coefficient (Wildman–Crippen LogP) is 2.84. The first-order valence-electron chi connectivity index (χ1n) is 11.6. The predicted molar refractivity (Wildman–Crippen MR) is 127 cm³/mol. The van der Waals surface area contributed by atoms with E-state index in [2.05, 4.69) is 44.9 Å². The molecule has 1 aromatic heterocycles. The van der Waals surface area contributed by atoms with Crippen LogP contribution in [0.4, 0.5) is 4.79 Å². The smallest absolute Gasteiger partial charge is 0.407 e. The molecule has 9 heteroatoms. The Hall–Kier alpha value is -4.14. The minimum Gasteiger partial charge on any atom is -0.480 e. The first kappa shape index (κ1) is 22.6. The van der Waals surface area contributed by atoms with E-state index in [1.807, 2.05) is 24.3 Å². The third-order valence-corrected chi connectivity index (χ3v) is 6.77. The summed E-state index contributed by atoms with van der Waals surface area (Å²) in [6.45, 7) is 0.227. The molecule has 0 unspecified atom stereocenters. The maximum Gasteiger partial charge on any atom is 0.407 e. The number of aromatic amines is 1. The zero-order chi connectivity index (χ0) is 24.4. The molecule has 3 aromatic rings. The number of carboxylic acids is 1. The molecule has 0 radical (unpaired) electrons. The Morgan fingerprint density at radius 3 is 2.31 bits per heavy atom. The number of hydrogen-bond acceptors (Lipinski definition) is 5. The second-order valence-electron chi connectivity index (χ2n) is 9.02. The quantitative estimate of drug-likeness (QED) is 0.397. The molecule has 5 rings (SSSR count). The van der Waals surface area contributed by atoms with Crippen LogP contribution < -0.4 is 10.6 Å². The maximum atomic E-state index is 12.5. The van der Waals surface area contributed by atoms with Gasteiger partial charge in [0.05, 0.1) is 6.33 Å². The molecule has 35 heavy (non-hydrogen) atoms. The Kier molecular flexibility index (Phi) is 6.22. The van der Waals surface area contributed by atoms with E-state index in [9.17, 15) is 19.5 Å². The van der Waals surface area contributed by atoms with Crippen LogP contribution in [0, 0.1) is 5.92 Å². The summed E-state index contributed by atoms with van der Waals surface area (Å²) in [5, 5.41) is 14.8. The van der Waals surface area contributed by atoms with Gasteiger partial charge in [-0.05, 0) is 35.1 Å². The highest BCUT2D eigenvalue weighted by Crippen LogP contribution is 2.44. The van der Waals surface area contributed by atoms with Gasteiger partial charge in [0.1, 0.15) is 12.6 Å². The van der Waals surface area contributed by atoms with Crippen molar-refractivity contribution >= 4 is 18.0 Å². The van der Waals surface area contributed by atoms with Crippen molar-refractivity contribution < 1.29 is 24.2 Å². The number of nitrogens with zero attached hydrogens (tertiary/aromatic N) is 1. The van der Waals surface area contributed by atoms with Gasteiger partial charge in [0, 0.05) is 36.2 Å². The number of ether oxygens (including phenoxy) is 1. The van der Waals surface area contributed by atoms with Crippen molar-refractivity contribution in [3.05, 3.63) is 77.9 Å². The molecule has 1 atom stereocenters. The number of aliphatic carboxylic acids is 1. The summed E-state index contributed by atoms with van der Waals surface area (Å²) in [5.41, 5.74) is 5.24. The number of carbonyl (C=O) groups excluding carboxylic acids is 2. The summed E-state index contributed by atoms with van der Waals surface area (Å²) in [5.74, 6) is -1.81. The van der Waals surface area contributed by atoms with Crippen molar-refractivity contribution in [2.45, 2.75) is 37.3 Å². The zero-order valence-corrected chi connectivity index (χ0v) is 18.9. The van der Waals surface area contributed by atoms with Gasteiger partial charge in [-0.1, -0.05) is 48.5 Å². The van der Waals surface area contributed by atoms with E-state index in [1.165, 1.54) is 12.5 Å². The number of amides is 2. The number of H-pyrrole nitrogens is 1. The molecule has 180 valence electrons. The van der Waals surface area contributed by atoms with Crippen LogP contribution in [-0.4, -0.2) is 51.7 Å². The van der Waals surface area contributed by atoms with Crippen LogP contribution in [0.1, 0.15) is 35.6 Å². The lowest BCUT2D eigenvalue weighted by molar-refractivity contribution is -0.143. The highest BCUT2D eigenvalue weighted by molar-refractivity contribution is 5.86. The van der Waals surface area contributed by atoms with E-state index < -0.39 is 18.1 Å². The van der Waals surface area contributed by atoms with Crippen molar-refractivity contribution in [3.63, 3.8) is 0 Å². The van der Waals surface area contributed by atoms with Gasteiger partial charge in [-0.25, -0.2) is 14.6 Å². The molecule has 0 spiro atoms. The number of nitrogens with one attached hydrogen (secondary N) is 3. The van der Waals surface area contributed by atoms with Gasteiger partial charge < -0.3 is 25.5 Å². The minimum absolute atomic E-state index is 0.0177. The minimum atomic E-state index is -1.11. The van der Waals surface area contributed by atoms with Gasteiger partial charge >= 0.3 is 12.1 Å². The summed E-state index contributed by atoms with van der Waals surface area (Å²) >= 11 is 0. The first-order chi connectivity index (χ1) is 17.0. The van der Waals surface area contributed by atoms with Crippen LogP contribution in [0.25, 0.3) is 11.1 Å². The molecule has 2 amide bonds. The average molecular weight is 475 g/mol. The summed E-state index contributed by atoms with van der Waals surface area (Å²) in [6.07, 6.45) is 3.47. The van der Waals surface area contributed by atoms with E-state index in [1.54, 1.807) is 0 Å².